The largest absolute Gasteiger partial charge is 0.379 e. The molecule has 1 aromatic rings. The van der Waals surface area contributed by atoms with Gasteiger partial charge in [-0.3, -0.25) is 20.2 Å². The van der Waals surface area contributed by atoms with E-state index in [1.807, 2.05) is 0 Å². The van der Waals surface area contributed by atoms with Crippen LogP contribution >= 0.6 is 0 Å². The minimum absolute atomic E-state index is 0.243. The van der Waals surface area contributed by atoms with E-state index in [4.69, 9.17) is 0 Å². The van der Waals surface area contributed by atoms with E-state index in [9.17, 15) is 20.2 Å². The van der Waals surface area contributed by atoms with Crippen molar-refractivity contribution in [1.82, 2.24) is 0 Å². The molecule has 0 atom stereocenters. The number of non-ortho nitro benzene ring substituents is 1. The number of hydrogen-bond donors (Lipinski definition) is 1. The van der Waals surface area contributed by atoms with Crippen LogP contribution in [0.1, 0.15) is 38.5 Å². The van der Waals surface area contributed by atoms with Gasteiger partial charge in [-0.2, -0.15) is 0 Å². The third-order valence-corrected chi connectivity index (χ3v) is 3.98. The third kappa shape index (κ3) is 4.14. The quantitative estimate of drug-likeness (QED) is 0.633. The van der Waals surface area contributed by atoms with Gasteiger partial charge in [0.2, 0.25) is 0 Å². The summed E-state index contributed by atoms with van der Waals surface area (Å²) in [5, 5.41) is 24.7. The van der Waals surface area contributed by atoms with Gasteiger partial charge in [-0.1, -0.05) is 32.1 Å². The fourth-order valence-corrected chi connectivity index (χ4v) is 2.82. The zero-order chi connectivity index (χ0) is 15.2. The molecule has 7 heteroatoms. The van der Waals surface area contributed by atoms with Gasteiger partial charge in [0, 0.05) is 12.6 Å². The molecule has 0 aromatic heterocycles. The topological polar surface area (TPSA) is 98.3 Å². The molecule has 1 aliphatic carbocycles. The van der Waals surface area contributed by atoms with Crippen molar-refractivity contribution in [2.45, 2.75) is 38.5 Å². The zero-order valence-electron chi connectivity index (χ0n) is 11.8. The number of rotatable bonds is 6. The molecule has 1 aromatic carbocycles. The van der Waals surface area contributed by atoms with Crippen molar-refractivity contribution in [2.75, 3.05) is 11.9 Å². The van der Waals surface area contributed by atoms with Gasteiger partial charge in [0.1, 0.15) is 5.69 Å². The second-order valence-electron chi connectivity index (χ2n) is 5.44. The highest BCUT2D eigenvalue weighted by Crippen LogP contribution is 2.30. The Labute approximate surface area is 122 Å². The van der Waals surface area contributed by atoms with Gasteiger partial charge >= 0.3 is 0 Å². The van der Waals surface area contributed by atoms with Crippen molar-refractivity contribution in [1.29, 1.82) is 0 Å². The predicted octanol–water partition coefficient (Wildman–Crippen LogP) is 3.89. The number of nitro benzene ring substituents is 2. The summed E-state index contributed by atoms with van der Waals surface area (Å²) < 4.78 is 0. The molecular formula is C14H19N3O4. The molecule has 2 rings (SSSR count). The molecule has 0 saturated heterocycles. The lowest BCUT2D eigenvalue weighted by Crippen LogP contribution is -2.12. The summed E-state index contributed by atoms with van der Waals surface area (Å²) in [6.07, 6.45) is 7.27. The molecule has 0 radical (unpaired) electrons. The van der Waals surface area contributed by atoms with Gasteiger partial charge in [0.25, 0.3) is 11.4 Å². The van der Waals surface area contributed by atoms with Gasteiger partial charge in [-0.25, -0.2) is 0 Å². The molecule has 0 bridgehead atoms. The second-order valence-corrected chi connectivity index (χ2v) is 5.44. The van der Waals surface area contributed by atoms with Gasteiger partial charge in [-0.15, -0.1) is 0 Å². The molecular weight excluding hydrogens is 274 g/mol. The first-order chi connectivity index (χ1) is 10.1. The molecule has 7 nitrogen and oxygen atoms in total. The fraction of sp³-hybridized carbons (Fsp3) is 0.571. The highest BCUT2D eigenvalue weighted by molar-refractivity contribution is 5.65. The van der Waals surface area contributed by atoms with Crippen molar-refractivity contribution >= 4 is 17.1 Å². The summed E-state index contributed by atoms with van der Waals surface area (Å²) in [6, 6.07) is 3.70. The van der Waals surface area contributed by atoms with Crippen molar-refractivity contribution in [2.24, 2.45) is 5.92 Å². The van der Waals surface area contributed by atoms with Crippen molar-refractivity contribution in [3.8, 4) is 0 Å². The van der Waals surface area contributed by atoms with Gasteiger partial charge in [-0.05, 0) is 18.4 Å². The third-order valence-electron chi connectivity index (χ3n) is 3.98. The lowest BCUT2D eigenvalue weighted by Gasteiger charge is -2.21. The van der Waals surface area contributed by atoms with Crippen LogP contribution in [0, 0.1) is 26.1 Å². The van der Waals surface area contributed by atoms with E-state index in [0.29, 0.717) is 18.2 Å². The Kier molecular flexibility index (Phi) is 5.08. The maximum atomic E-state index is 11.0. The smallest absolute Gasteiger partial charge is 0.299 e. The molecule has 1 aliphatic rings. The monoisotopic (exact) mass is 293 g/mol. The van der Waals surface area contributed by atoms with E-state index in [-0.39, 0.29) is 11.4 Å². The highest BCUT2D eigenvalue weighted by atomic mass is 16.6. The summed E-state index contributed by atoms with van der Waals surface area (Å²) in [6.45, 7) is 0.656. The van der Waals surface area contributed by atoms with Crippen LogP contribution in [0.4, 0.5) is 17.1 Å². The maximum Gasteiger partial charge on any atom is 0.299 e. The Morgan fingerprint density at radius 1 is 1.10 bits per heavy atom. The van der Waals surface area contributed by atoms with Crippen LogP contribution < -0.4 is 5.32 Å². The molecule has 0 amide bonds. The van der Waals surface area contributed by atoms with Crippen LogP contribution in [0.2, 0.25) is 0 Å². The van der Waals surface area contributed by atoms with E-state index >= 15 is 0 Å². The number of benzene rings is 1. The molecule has 1 saturated carbocycles. The molecule has 0 heterocycles. The van der Waals surface area contributed by atoms with Crippen LogP contribution in [0.5, 0.6) is 0 Å². The first-order valence-electron chi connectivity index (χ1n) is 7.24. The maximum absolute atomic E-state index is 11.0. The number of nitro groups is 2. The van der Waals surface area contributed by atoms with Gasteiger partial charge in [0.15, 0.2) is 0 Å². The molecule has 1 fully saturated rings. The summed E-state index contributed by atoms with van der Waals surface area (Å²) in [7, 11) is 0. The average molecular weight is 293 g/mol. The van der Waals surface area contributed by atoms with Crippen molar-refractivity contribution < 1.29 is 9.85 Å². The van der Waals surface area contributed by atoms with Gasteiger partial charge in [0.05, 0.1) is 15.9 Å². The van der Waals surface area contributed by atoms with Crippen molar-refractivity contribution in [3.05, 3.63) is 38.4 Å². The summed E-state index contributed by atoms with van der Waals surface area (Å²) >= 11 is 0. The summed E-state index contributed by atoms with van der Waals surface area (Å²) in [5.41, 5.74) is -0.159. The lowest BCUT2D eigenvalue weighted by molar-refractivity contribution is -0.393. The Morgan fingerprint density at radius 2 is 1.81 bits per heavy atom. The Morgan fingerprint density at radius 3 is 2.43 bits per heavy atom. The Balaban J connectivity index is 1.98. The number of nitrogens with zero attached hydrogens (tertiary/aromatic N) is 2. The standard InChI is InChI=1S/C14H19N3O4/c18-16(19)12-6-7-13(14(10-12)17(20)21)15-9-8-11-4-2-1-3-5-11/h6-7,10-11,15H,1-5,8-9H2. The molecule has 114 valence electrons. The minimum Gasteiger partial charge on any atom is -0.379 e. The first kappa shape index (κ1) is 15.2. The van der Waals surface area contributed by atoms with Crippen LogP contribution in [0.25, 0.3) is 0 Å². The number of nitrogens with one attached hydrogen (secondary N) is 1. The van der Waals surface area contributed by atoms with Crippen LogP contribution in [-0.4, -0.2) is 16.4 Å². The predicted molar refractivity (Wildman–Crippen MR) is 79.4 cm³/mol. The van der Waals surface area contributed by atoms with E-state index in [1.165, 1.54) is 44.2 Å². The van der Waals surface area contributed by atoms with Crippen LogP contribution in [-0.2, 0) is 0 Å². The molecule has 1 N–H and O–H groups in total. The van der Waals surface area contributed by atoms with Gasteiger partial charge < -0.3 is 5.32 Å². The van der Waals surface area contributed by atoms with E-state index in [2.05, 4.69) is 5.32 Å². The van der Waals surface area contributed by atoms with E-state index < -0.39 is 9.85 Å². The summed E-state index contributed by atoms with van der Waals surface area (Å²) in [5.74, 6) is 0.684. The zero-order valence-corrected chi connectivity index (χ0v) is 11.8. The molecule has 0 aliphatic heterocycles. The molecule has 21 heavy (non-hydrogen) atoms. The first-order valence-corrected chi connectivity index (χ1v) is 7.24. The van der Waals surface area contributed by atoms with Crippen LogP contribution in [0.15, 0.2) is 18.2 Å². The Hall–Kier alpha value is -2.18. The SMILES string of the molecule is O=[N+]([O-])c1ccc(NCCC2CCCCC2)c([N+](=O)[O-])c1. The normalized spacial score (nSPS) is 15.6. The van der Waals surface area contributed by atoms with Crippen molar-refractivity contribution in [3.63, 3.8) is 0 Å². The van der Waals surface area contributed by atoms with Crippen LogP contribution in [0.3, 0.4) is 0 Å². The van der Waals surface area contributed by atoms with E-state index in [0.717, 1.165) is 12.5 Å². The highest BCUT2D eigenvalue weighted by Gasteiger charge is 2.19. The molecule has 0 spiro atoms. The number of hydrogen-bond acceptors (Lipinski definition) is 5. The second kappa shape index (κ2) is 7.01. The fourth-order valence-electron chi connectivity index (χ4n) is 2.82. The molecule has 0 unspecified atom stereocenters. The Bertz CT molecular complexity index is 527. The lowest BCUT2D eigenvalue weighted by atomic mass is 9.87. The van der Waals surface area contributed by atoms with E-state index in [1.54, 1.807) is 0 Å². The number of anilines is 1. The minimum atomic E-state index is -0.626. The summed E-state index contributed by atoms with van der Waals surface area (Å²) in [4.78, 5) is 20.5. The average Bonchev–Trinajstić information content (AvgIpc) is 2.48.